The van der Waals surface area contributed by atoms with Gasteiger partial charge in [-0.2, -0.15) is 0 Å². The van der Waals surface area contributed by atoms with Gasteiger partial charge in [0.25, 0.3) is 0 Å². The van der Waals surface area contributed by atoms with Gasteiger partial charge in [-0.3, -0.25) is 9.10 Å². The van der Waals surface area contributed by atoms with Gasteiger partial charge in [0, 0.05) is 6.54 Å². The fourth-order valence-electron chi connectivity index (χ4n) is 1.78. The van der Waals surface area contributed by atoms with Crippen LogP contribution >= 0.6 is 0 Å². The number of ether oxygens (including phenoxy) is 1. The second-order valence-corrected chi connectivity index (χ2v) is 6.52. The molecule has 0 aliphatic heterocycles. The summed E-state index contributed by atoms with van der Waals surface area (Å²) in [6.07, 6.45) is 0.599. The van der Waals surface area contributed by atoms with Crippen molar-refractivity contribution in [2.45, 2.75) is 25.5 Å². The van der Waals surface area contributed by atoms with Gasteiger partial charge in [-0.1, -0.05) is 19.1 Å². The van der Waals surface area contributed by atoms with E-state index in [0.29, 0.717) is 17.8 Å². The molecule has 0 saturated carbocycles. The number of rotatable bonds is 6. The van der Waals surface area contributed by atoms with Crippen molar-refractivity contribution < 1.29 is 17.9 Å². The molecule has 6 nitrogen and oxygen atoms in total. The molecule has 1 unspecified atom stereocenters. The van der Waals surface area contributed by atoms with Gasteiger partial charge in [0.1, 0.15) is 0 Å². The highest BCUT2D eigenvalue weighted by molar-refractivity contribution is 7.94. The summed E-state index contributed by atoms with van der Waals surface area (Å²) in [6.45, 7) is 3.41. The van der Waals surface area contributed by atoms with Crippen molar-refractivity contribution in [3.05, 3.63) is 24.3 Å². The number of benzene rings is 1. The molecule has 112 valence electrons. The summed E-state index contributed by atoms with van der Waals surface area (Å²) in [7, 11) is -2.71. The van der Waals surface area contributed by atoms with E-state index in [2.05, 4.69) is 4.74 Å². The first-order chi connectivity index (χ1) is 9.36. The molecule has 0 heterocycles. The van der Waals surface area contributed by atoms with Crippen molar-refractivity contribution in [3.63, 3.8) is 0 Å². The number of hydrogen-bond acceptors (Lipinski definition) is 5. The summed E-state index contributed by atoms with van der Waals surface area (Å²) in [4.78, 5) is 11.5. The van der Waals surface area contributed by atoms with Gasteiger partial charge in [0.15, 0.2) is 5.25 Å². The van der Waals surface area contributed by atoms with Crippen LogP contribution in [0.5, 0.6) is 0 Å². The molecule has 1 rings (SSSR count). The maximum atomic E-state index is 12.5. The second kappa shape index (κ2) is 6.60. The number of nitrogens with zero attached hydrogens (tertiary/aromatic N) is 1. The third-order valence-electron chi connectivity index (χ3n) is 2.92. The monoisotopic (exact) mass is 300 g/mol. The van der Waals surface area contributed by atoms with E-state index in [9.17, 15) is 13.2 Å². The highest BCUT2D eigenvalue weighted by Gasteiger charge is 2.35. The Morgan fingerprint density at radius 2 is 2.00 bits per heavy atom. The number of esters is 1. The Balaban J connectivity index is 3.27. The number of methoxy groups -OCH3 is 1. The van der Waals surface area contributed by atoms with E-state index in [4.69, 9.17) is 5.73 Å². The molecule has 0 aliphatic carbocycles. The van der Waals surface area contributed by atoms with Gasteiger partial charge in [0.05, 0.1) is 18.5 Å². The minimum absolute atomic E-state index is 0.248. The molecule has 2 N–H and O–H groups in total. The Kier molecular flexibility index (Phi) is 5.38. The average Bonchev–Trinajstić information content (AvgIpc) is 2.43. The molecule has 0 fully saturated rings. The van der Waals surface area contributed by atoms with E-state index in [1.54, 1.807) is 24.3 Å². The van der Waals surface area contributed by atoms with Crippen molar-refractivity contribution >= 4 is 27.4 Å². The Morgan fingerprint density at radius 1 is 1.40 bits per heavy atom. The minimum atomic E-state index is -3.87. The smallest absolute Gasteiger partial charge is 0.325 e. The number of nitrogens with two attached hydrogens (primary N) is 1. The molecule has 0 aromatic heterocycles. The second-order valence-electron chi connectivity index (χ2n) is 4.34. The Bertz CT molecular complexity index is 571. The van der Waals surface area contributed by atoms with E-state index in [-0.39, 0.29) is 6.54 Å². The van der Waals surface area contributed by atoms with Crippen molar-refractivity contribution in [2.24, 2.45) is 0 Å². The van der Waals surface area contributed by atoms with Crippen LogP contribution in [0.15, 0.2) is 24.3 Å². The van der Waals surface area contributed by atoms with Crippen LogP contribution in [-0.2, 0) is 19.6 Å². The van der Waals surface area contributed by atoms with Crippen LogP contribution in [0.1, 0.15) is 20.3 Å². The number of para-hydroxylation sites is 2. The van der Waals surface area contributed by atoms with Gasteiger partial charge in [0.2, 0.25) is 10.0 Å². The lowest BCUT2D eigenvalue weighted by Crippen LogP contribution is -2.42. The number of nitrogen functional groups attached to an aromatic ring is 1. The van der Waals surface area contributed by atoms with E-state index in [0.717, 1.165) is 7.11 Å². The SMILES string of the molecule is CCCN(c1ccccc1N)S(=O)(=O)C(C)C(=O)OC. The van der Waals surface area contributed by atoms with E-state index < -0.39 is 21.2 Å². The third kappa shape index (κ3) is 3.22. The third-order valence-corrected chi connectivity index (χ3v) is 5.00. The topological polar surface area (TPSA) is 89.7 Å². The van der Waals surface area contributed by atoms with Crippen molar-refractivity contribution in [3.8, 4) is 0 Å². The molecule has 7 heteroatoms. The van der Waals surface area contributed by atoms with Crippen LogP contribution < -0.4 is 10.0 Å². The Labute approximate surface area is 119 Å². The number of hydrogen-bond donors (Lipinski definition) is 1. The summed E-state index contributed by atoms with van der Waals surface area (Å²) in [6, 6.07) is 6.66. The largest absolute Gasteiger partial charge is 0.468 e. The fraction of sp³-hybridized carbons (Fsp3) is 0.462. The molecule has 20 heavy (non-hydrogen) atoms. The van der Waals surface area contributed by atoms with Crippen molar-refractivity contribution in [1.82, 2.24) is 0 Å². The average molecular weight is 300 g/mol. The summed E-state index contributed by atoms with van der Waals surface area (Å²) < 4.78 is 30.8. The molecule has 0 aliphatic rings. The number of anilines is 2. The predicted octanol–water partition coefficient (Wildman–Crippen LogP) is 1.38. The van der Waals surface area contributed by atoms with Crippen LogP contribution in [0, 0.1) is 0 Å². The van der Waals surface area contributed by atoms with Crippen LogP contribution in [-0.4, -0.2) is 33.3 Å². The standard InChI is InChI=1S/C13H20N2O4S/c1-4-9-15(12-8-6-5-7-11(12)14)20(17,18)10(2)13(16)19-3/h5-8,10H,4,9,14H2,1-3H3. The first-order valence-corrected chi connectivity index (χ1v) is 7.80. The number of carbonyl (C=O) groups is 1. The molecule has 0 amide bonds. The van der Waals surface area contributed by atoms with Crippen molar-refractivity contribution in [2.75, 3.05) is 23.7 Å². The molecule has 0 bridgehead atoms. The summed E-state index contributed by atoms with van der Waals surface area (Å²) in [5.41, 5.74) is 6.56. The Morgan fingerprint density at radius 3 is 2.50 bits per heavy atom. The molecular formula is C13H20N2O4S. The lowest BCUT2D eigenvalue weighted by Gasteiger charge is -2.27. The molecule has 1 aromatic carbocycles. The van der Waals surface area contributed by atoms with Crippen molar-refractivity contribution in [1.29, 1.82) is 0 Å². The number of sulfonamides is 1. The zero-order chi connectivity index (χ0) is 15.3. The summed E-state index contributed by atoms with van der Waals surface area (Å²) >= 11 is 0. The van der Waals surface area contributed by atoms with Gasteiger partial charge in [-0.25, -0.2) is 8.42 Å². The van der Waals surface area contributed by atoms with Crippen LogP contribution in [0.25, 0.3) is 0 Å². The summed E-state index contributed by atoms with van der Waals surface area (Å²) in [5.74, 6) is -0.791. The normalized spacial score (nSPS) is 12.8. The molecular weight excluding hydrogens is 280 g/mol. The fourth-order valence-corrected chi connectivity index (χ4v) is 3.38. The molecule has 0 spiro atoms. The van der Waals surface area contributed by atoms with Crippen LogP contribution in [0.4, 0.5) is 11.4 Å². The van der Waals surface area contributed by atoms with Gasteiger partial charge in [-0.15, -0.1) is 0 Å². The first kappa shape index (κ1) is 16.3. The maximum Gasteiger partial charge on any atom is 0.325 e. The summed E-state index contributed by atoms with van der Waals surface area (Å²) in [5, 5.41) is -1.28. The zero-order valence-electron chi connectivity index (χ0n) is 11.9. The van der Waals surface area contributed by atoms with E-state index in [1.165, 1.54) is 11.2 Å². The van der Waals surface area contributed by atoms with Gasteiger partial charge < -0.3 is 10.5 Å². The zero-order valence-corrected chi connectivity index (χ0v) is 12.7. The lowest BCUT2D eigenvalue weighted by atomic mass is 10.2. The molecule has 0 radical (unpaired) electrons. The first-order valence-electron chi connectivity index (χ1n) is 6.30. The number of carbonyl (C=O) groups excluding carboxylic acids is 1. The highest BCUT2D eigenvalue weighted by Crippen LogP contribution is 2.27. The lowest BCUT2D eigenvalue weighted by molar-refractivity contribution is -0.139. The predicted molar refractivity (Wildman–Crippen MR) is 78.9 cm³/mol. The van der Waals surface area contributed by atoms with Crippen LogP contribution in [0.3, 0.4) is 0 Å². The molecule has 1 atom stereocenters. The van der Waals surface area contributed by atoms with Gasteiger partial charge in [-0.05, 0) is 25.5 Å². The maximum absolute atomic E-state index is 12.5. The van der Waals surface area contributed by atoms with E-state index in [1.807, 2.05) is 6.92 Å². The van der Waals surface area contributed by atoms with Crippen LogP contribution in [0.2, 0.25) is 0 Å². The molecule has 1 aromatic rings. The Hall–Kier alpha value is -1.76. The highest BCUT2D eigenvalue weighted by atomic mass is 32.2. The molecule has 0 saturated heterocycles. The quantitative estimate of drug-likeness (QED) is 0.633. The van der Waals surface area contributed by atoms with E-state index >= 15 is 0 Å². The minimum Gasteiger partial charge on any atom is -0.468 e. The van der Waals surface area contributed by atoms with Gasteiger partial charge >= 0.3 is 5.97 Å².